The fourth-order valence-corrected chi connectivity index (χ4v) is 2.97. The number of nitrogens with one attached hydrogen (secondary N) is 2. The van der Waals surface area contributed by atoms with E-state index in [-0.39, 0.29) is 5.91 Å². The van der Waals surface area contributed by atoms with Gasteiger partial charge in [0.05, 0.1) is 6.54 Å². The van der Waals surface area contributed by atoms with Gasteiger partial charge >= 0.3 is 0 Å². The van der Waals surface area contributed by atoms with Crippen LogP contribution >= 0.6 is 0 Å². The van der Waals surface area contributed by atoms with E-state index in [1.165, 1.54) is 11.1 Å². The van der Waals surface area contributed by atoms with Gasteiger partial charge in [0, 0.05) is 45.8 Å². The molecule has 1 aromatic rings. The summed E-state index contributed by atoms with van der Waals surface area (Å²) in [6.07, 6.45) is 2.60. The molecule has 0 saturated carbocycles. The second-order valence-electron chi connectivity index (χ2n) is 6.36. The molecule has 0 unspecified atom stereocenters. The van der Waals surface area contributed by atoms with Crippen LogP contribution in [-0.4, -0.2) is 49.6 Å². The number of carbonyl (C=O) groups excluding carboxylic acids is 1. The van der Waals surface area contributed by atoms with Crippen molar-refractivity contribution in [3.05, 3.63) is 35.4 Å². The Morgan fingerprint density at radius 1 is 1.23 bits per heavy atom. The van der Waals surface area contributed by atoms with E-state index in [9.17, 15) is 4.79 Å². The number of amides is 1. The third-order valence-corrected chi connectivity index (χ3v) is 4.36. The highest BCUT2D eigenvalue weighted by molar-refractivity contribution is 5.79. The molecule has 1 aliphatic heterocycles. The largest absolute Gasteiger partial charge is 0.382 e. The Hall–Kier alpha value is -2.08. The van der Waals surface area contributed by atoms with Crippen molar-refractivity contribution in [1.82, 2.24) is 15.5 Å². The molecule has 6 heteroatoms. The molecule has 1 aromatic carbocycles. The van der Waals surface area contributed by atoms with E-state index in [2.05, 4.69) is 29.7 Å². The minimum Gasteiger partial charge on any atom is -0.382 e. The number of ether oxygens (including phenoxy) is 1. The van der Waals surface area contributed by atoms with Gasteiger partial charge in [0.25, 0.3) is 0 Å². The molecule has 6 nitrogen and oxygen atoms in total. The predicted molar refractivity (Wildman–Crippen MR) is 105 cm³/mol. The zero-order valence-corrected chi connectivity index (χ0v) is 16.1. The highest BCUT2D eigenvalue weighted by Crippen LogP contribution is 2.17. The number of hydrogen-bond donors (Lipinski definition) is 2. The molecule has 0 atom stereocenters. The summed E-state index contributed by atoms with van der Waals surface area (Å²) >= 11 is 0. The SMILES string of the molecule is CCNC(=NCc1ccccc1CN1CCCC1=O)NCCCOCC. The maximum atomic E-state index is 11.9. The molecule has 0 radical (unpaired) electrons. The van der Waals surface area contributed by atoms with Gasteiger partial charge in [-0.25, -0.2) is 4.99 Å². The smallest absolute Gasteiger partial charge is 0.222 e. The van der Waals surface area contributed by atoms with Crippen molar-refractivity contribution in [2.75, 3.05) is 32.8 Å². The van der Waals surface area contributed by atoms with Gasteiger partial charge in [-0.2, -0.15) is 0 Å². The topological polar surface area (TPSA) is 66.0 Å². The highest BCUT2D eigenvalue weighted by Gasteiger charge is 2.20. The lowest BCUT2D eigenvalue weighted by atomic mass is 10.1. The standard InChI is InChI=1S/C20H32N4O2/c1-3-21-20(22-12-8-14-26-4-2)23-15-17-9-5-6-10-18(17)16-24-13-7-11-19(24)25/h5-6,9-10H,3-4,7-8,11-16H2,1-2H3,(H2,21,22,23). The lowest BCUT2D eigenvalue weighted by Gasteiger charge is -2.18. The van der Waals surface area contributed by atoms with Crippen LogP contribution in [0.4, 0.5) is 0 Å². The van der Waals surface area contributed by atoms with Crippen molar-refractivity contribution in [2.45, 2.75) is 46.2 Å². The predicted octanol–water partition coefficient (Wildman–Crippen LogP) is 2.29. The van der Waals surface area contributed by atoms with Crippen molar-refractivity contribution in [1.29, 1.82) is 0 Å². The maximum Gasteiger partial charge on any atom is 0.222 e. The van der Waals surface area contributed by atoms with Crippen LogP contribution in [-0.2, 0) is 22.6 Å². The average molecular weight is 361 g/mol. The van der Waals surface area contributed by atoms with Crippen LogP contribution in [0.25, 0.3) is 0 Å². The van der Waals surface area contributed by atoms with Crippen molar-refractivity contribution >= 4 is 11.9 Å². The summed E-state index contributed by atoms with van der Waals surface area (Å²) in [5.74, 6) is 1.07. The molecule has 1 fully saturated rings. The van der Waals surface area contributed by atoms with Crippen LogP contribution in [0, 0.1) is 0 Å². The molecule has 0 spiro atoms. The Labute approximate surface area is 157 Å². The van der Waals surface area contributed by atoms with Crippen molar-refractivity contribution in [2.24, 2.45) is 4.99 Å². The van der Waals surface area contributed by atoms with Gasteiger partial charge in [0.15, 0.2) is 5.96 Å². The van der Waals surface area contributed by atoms with E-state index in [0.717, 1.165) is 51.6 Å². The monoisotopic (exact) mass is 360 g/mol. The fraction of sp³-hybridized carbons (Fsp3) is 0.600. The lowest BCUT2D eigenvalue weighted by Crippen LogP contribution is -2.38. The molecular weight excluding hydrogens is 328 g/mol. The summed E-state index contributed by atoms with van der Waals surface area (Å²) in [6.45, 7) is 9.37. The molecule has 0 aliphatic carbocycles. The van der Waals surface area contributed by atoms with E-state index in [1.54, 1.807) is 0 Å². The summed E-state index contributed by atoms with van der Waals surface area (Å²) in [7, 11) is 0. The van der Waals surface area contributed by atoms with Crippen molar-refractivity contribution < 1.29 is 9.53 Å². The minimum atomic E-state index is 0.257. The summed E-state index contributed by atoms with van der Waals surface area (Å²) < 4.78 is 5.36. The number of nitrogens with zero attached hydrogens (tertiary/aromatic N) is 2. The van der Waals surface area contributed by atoms with Gasteiger partial charge in [-0.15, -0.1) is 0 Å². The van der Waals surface area contributed by atoms with Crippen molar-refractivity contribution in [3.8, 4) is 0 Å². The number of guanidine groups is 1. The van der Waals surface area contributed by atoms with Crippen LogP contribution < -0.4 is 10.6 Å². The molecule has 0 bridgehead atoms. The summed E-state index contributed by atoms with van der Waals surface area (Å²) in [6, 6.07) is 8.25. The van der Waals surface area contributed by atoms with E-state index in [0.29, 0.717) is 19.5 Å². The first kappa shape index (κ1) is 20.2. The van der Waals surface area contributed by atoms with E-state index >= 15 is 0 Å². The molecule has 1 amide bonds. The summed E-state index contributed by atoms with van der Waals surface area (Å²) in [5, 5.41) is 6.62. The van der Waals surface area contributed by atoms with Crippen LogP contribution in [0.1, 0.15) is 44.2 Å². The van der Waals surface area contributed by atoms with Gasteiger partial charge in [-0.05, 0) is 37.8 Å². The Morgan fingerprint density at radius 2 is 2.04 bits per heavy atom. The summed E-state index contributed by atoms with van der Waals surface area (Å²) in [4.78, 5) is 18.6. The van der Waals surface area contributed by atoms with Gasteiger partial charge in [0.2, 0.25) is 5.91 Å². The molecule has 2 rings (SSSR count). The van der Waals surface area contributed by atoms with Gasteiger partial charge in [-0.1, -0.05) is 24.3 Å². The number of carbonyl (C=O) groups is 1. The number of benzene rings is 1. The zero-order valence-electron chi connectivity index (χ0n) is 16.1. The van der Waals surface area contributed by atoms with E-state index in [4.69, 9.17) is 9.73 Å². The van der Waals surface area contributed by atoms with Gasteiger partial charge in [-0.3, -0.25) is 4.79 Å². The highest BCUT2D eigenvalue weighted by atomic mass is 16.5. The first-order chi connectivity index (χ1) is 12.7. The number of hydrogen-bond acceptors (Lipinski definition) is 3. The van der Waals surface area contributed by atoms with Crippen LogP contribution in [0.3, 0.4) is 0 Å². The first-order valence-corrected chi connectivity index (χ1v) is 9.69. The second kappa shape index (κ2) is 11.5. The molecule has 144 valence electrons. The first-order valence-electron chi connectivity index (χ1n) is 9.69. The van der Waals surface area contributed by atoms with Crippen LogP contribution in [0.5, 0.6) is 0 Å². The molecule has 1 saturated heterocycles. The second-order valence-corrected chi connectivity index (χ2v) is 6.36. The molecular formula is C20H32N4O2. The number of aliphatic imine (C=N–C) groups is 1. The molecule has 1 aliphatic rings. The Bertz CT molecular complexity index is 589. The Kier molecular flexibility index (Phi) is 8.96. The summed E-state index contributed by atoms with van der Waals surface area (Å²) in [5.41, 5.74) is 2.34. The van der Waals surface area contributed by atoms with Crippen LogP contribution in [0.2, 0.25) is 0 Å². The Morgan fingerprint density at radius 3 is 2.73 bits per heavy atom. The fourth-order valence-electron chi connectivity index (χ4n) is 2.97. The third-order valence-electron chi connectivity index (χ3n) is 4.36. The molecule has 0 aromatic heterocycles. The molecule has 1 heterocycles. The van der Waals surface area contributed by atoms with Crippen molar-refractivity contribution in [3.63, 3.8) is 0 Å². The normalized spacial score (nSPS) is 14.8. The van der Waals surface area contributed by atoms with E-state index in [1.807, 2.05) is 24.0 Å². The molecule has 2 N–H and O–H groups in total. The lowest BCUT2D eigenvalue weighted by molar-refractivity contribution is -0.128. The maximum absolute atomic E-state index is 11.9. The quantitative estimate of drug-likeness (QED) is 0.382. The van der Waals surface area contributed by atoms with Gasteiger partial charge < -0.3 is 20.3 Å². The minimum absolute atomic E-state index is 0.257. The zero-order chi connectivity index (χ0) is 18.6. The van der Waals surface area contributed by atoms with Crippen LogP contribution in [0.15, 0.2) is 29.3 Å². The van der Waals surface area contributed by atoms with E-state index < -0.39 is 0 Å². The number of rotatable bonds is 10. The Balaban J connectivity index is 1.93. The number of likely N-dealkylation sites (tertiary alicyclic amines) is 1. The average Bonchev–Trinajstić information content (AvgIpc) is 3.05. The molecule has 26 heavy (non-hydrogen) atoms. The third kappa shape index (κ3) is 6.67. The van der Waals surface area contributed by atoms with Gasteiger partial charge in [0.1, 0.15) is 0 Å².